The highest BCUT2D eigenvalue weighted by Gasteiger charge is 2.17. The zero-order valence-corrected chi connectivity index (χ0v) is 10.7. The average Bonchev–Trinajstić information content (AvgIpc) is 2.37. The number of hydrogen-bond donors (Lipinski definition) is 2. The van der Waals surface area contributed by atoms with E-state index in [4.69, 9.17) is 5.73 Å². The highest BCUT2D eigenvalue weighted by Crippen LogP contribution is 2.19. The van der Waals surface area contributed by atoms with E-state index in [0.717, 1.165) is 18.2 Å². The van der Waals surface area contributed by atoms with Crippen LogP contribution in [0.2, 0.25) is 0 Å². The van der Waals surface area contributed by atoms with Gasteiger partial charge in [0, 0.05) is 18.9 Å². The Hall–Kier alpha value is -1.99. The third-order valence-electron chi connectivity index (χ3n) is 2.45. The van der Waals surface area contributed by atoms with Crippen LogP contribution in [0.5, 0.6) is 0 Å². The number of halogens is 1. The van der Waals surface area contributed by atoms with Gasteiger partial charge < -0.3 is 5.73 Å². The van der Waals surface area contributed by atoms with Gasteiger partial charge in [-0.3, -0.25) is 4.98 Å². The lowest BCUT2D eigenvalue weighted by atomic mass is 10.3. The van der Waals surface area contributed by atoms with Crippen molar-refractivity contribution >= 4 is 15.7 Å². The summed E-state index contributed by atoms with van der Waals surface area (Å²) < 4.78 is 39.3. The quantitative estimate of drug-likeness (QED) is 0.827. The predicted molar refractivity (Wildman–Crippen MR) is 69.1 cm³/mol. The SMILES string of the molecule is Nc1cc(F)ccc1S(=O)(=O)NCc1cccnc1. The van der Waals surface area contributed by atoms with Crippen LogP contribution in [0.15, 0.2) is 47.6 Å². The monoisotopic (exact) mass is 281 g/mol. The molecule has 1 aromatic heterocycles. The lowest BCUT2D eigenvalue weighted by Gasteiger charge is -2.09. The van der Waals surface area contributed by atoms with Crippen molar-refractivity contribution in [3.05, 3.63) is 54.1 Å². The molecule has 7 heteroatoms. The third-order valence-corrected chi connectivity index (χ3v) is 3.93. The first-order valence-corrected chi connectivity index (χ1v) is 6.91. The Morgan fingerprint density at radius 1 is 1.32 bits per heavy atom. The number of benzene rings is 1. The minimum absolute atomic E-state index is 0.0903. The molecule has 0 saturated carbocycles. The second-order valence-corrected chi connectivity index (χ2v) is 5.60. The second-order valence-electron chi connectivity index (χ2n) is 3.87. The van der Waals surface area contributed by atoms with Gasteiger partial charge in [0.2, 0.25) is 10.0 Å². The molecular formula is C12H12FN3O2S. The van der Waals surface area contributed by atoms with Crippen molar-refractivity contribution in [3.8, 4) is 0 Å². The molecule has 0 radical (unpaired) electrons. The number of pyridine rings is 1. The van der Waals surface area contributed by atoms with Crippen molar-refractivity contribution < 1.29 is 12.8 Å². The first-order valence-electron chi connectivity index (χ1n) is 5.42. The van der Waals surface area contributed by atoms with Gasteiger partial charge in [-0.25, -0.2) is 17.5 Å². The molecule has 0 aliphatic carbocycles. The minimum Gasteiger partial charge on any atom is -0.398 e. The summed E-state index contributed by atoms with van der Waals surface area (Å²) in [4.78, 5) is 3.74. The first kappa shape index (κ1) is 13.4. The Morgan fingerprint density at radius 2 is 2.11 bits per heavy atom. The number of nitrogen functional groups attached to an aromatic ring is 1. The van der Waals surface area contributed by atoms with E-state index in [1.54, 1.807) is 24.5 Å². The van der Waals surface area contributed by atoms with E-state index in [-0.39, 0.29) is 17.1 Å². The largest absolute Gasteiger partial charge is 0.398 e. The van der Waals surface area contributed by atoms with E-state index in [0.29, 0.717) is 5.56 Å². The Morgan fingerprint density at radius 3 is 2.74 bits per heavy atom. The molecule has 3 N–H and O–H groups in total. The predicted octanol–water partition coefficient (Wildman–Crippen LogP) is 1.28. The van der Waals surface area contributed by atoms with Crippen molar-refractivity contribution in [2.24, 2.45) is 0 Å². The first-order chi connectivity index (χ1) is 8.99. The number of rotatable bonds is 4. The summed E-state index contributed by atoms with van der Waals surface area (Å²) in [6.45, 7) is 0.0903. The van der Waals surface area contributed by atoms with E-state index in [1.165, 1.54) is 0 Å². The third kappa shape index (κ3) is 3.27. The maximum atomic E-state index is 12.9. The summed E-state index contributed by atoms with van der Waals surface area (Å²) in [5, 5.41) is 0. The van der Waals surface area contributed by atoms with Crippen LogP contribution in [-0.4, -0.2) is 13.4 Å². The molecule has 19 heavy (non-hydrogen) atoms. The van der Waals surface area contributed by atoms with Gasteiger partial charge in [0.15, 0.2) is 0 Å². The molecule has 1 aromatic carbocycles. The van der Waals surface area contributed by atoms with Gasteiger partial charge >= 0.3 is 0 Å². The molecule has 0 spiro atoms. The van der Waals surface area contributed by atoms with Crippen molar-refractivity contribution in [3.63, 3.8) is 0 Å². The zero-order chi connectivity index (χ0) is 13.9. The number of hydrogen-bond acceptors (Lipinski definition) is 4. The maximum absolute atomic E-state index is 12.9. The molecular weight excluding hydrogens is 269 g/mol. The number of nitrogens with two attached hydrogens (primary N) is 1. The smallest absolute Gasteiger partial charge is 0.242 e. The fourth-order valence-electron chi connectivity index (χ4n) is 1.52. The summed E-state index contributed by atoms with van der Waals surface area (Å²) >= 11 is 0. The van der Waals surface area contributed by atoms with E-state index < -0.39 is 15.8 Å². The molecule has 0 saturated heterocycles. The van der Waals surface area contributed by atoms with Crippen LogP contribution in [0, 0.1) is 5.82 Å². The fourth-order valence-corrected chi connectivity index (χ4v) is 2.65. The summed E-state index contributed by atoms with van der Waals surface area (Å²) in [7, 11) is -3.78. The van der Waals surface area contributed by atoms with Crippen molar-refractivity contribution in [2.75, 3.05) is 5.73 Å². The molecule has 0 aliphatic heterocycles. The molecule has 0 bridgehead atoms. The number of sulfonamides is 1. The number of aromatic nitrogens is 1. The highest BCUT2D eigenvalue weighted by molar-refractivity contribution is 7.89. The van der Waals surface area contributed by atoms with Crippen LogP contribution in [0.4, 0.5) is 10.1 Å². The second kappa shape index (κ2) is 5.33. The van der Waals surface area contributed by atoms with Gasteiger partial charge in [-0.2, -0.15) is 0 Å². The summed E-state index contributed by atoms with van der Waals surface area (Å²) in [5.41, 5.74) is 6.09. The lowest BCUT2D eigenvalue weighted by molar-refractivity contribution is 0.581. The summed E-state index contributed by atoms with van der Waals surface area (Å²) in [6, 6.07) is 6.60. The molecule has 1 heterocycles. The zero-order valence-electron chi connectivity index (χ0n) is 9.88. The molecule has 5 nitrogen and oxygen atoms in total. The standard InChI is InChI=1S/C12H12FN3O2S/c13-10-3-4-12(11(14)6-10)19(17,18)16-8-9-2-1-5-15-7-9/h1-7,16H,8,14H2. The minimum atomic E-state index is -3.78. The normalized spacial score (nSPS) is 11.4. The number of nitrogens with one attached hydrogen (secondary N) is 1. The number of anilines is 1. The van der Waals surface area contributed by atoms with Gasteiger partial charge in [-0.1, -0.05) is 6.07 Å². The van der Waals surface area contributed by atoms with E-state index in [1.807, 2.05) is 0 Å². The van der Waals surface area contributed by atoms with Crippen LogP contribution in [-0.2, 0) is 16.6 Å². The molecule has 100 valence electrons. The van der Waals surface area contributed by atoms with Crippen LogP contribution >= 0.6 is 0 Å². The topological polar surface area (TPSA) is 85.1 Å². The molecule has 2 rings (SSSR count). The van der Waals surface area contributed by atoms with Crippen LogP contribution in [0.1, 0.15) is 5.56 Å². The Labute approximate surface area is 110 Å². The molecule has 2 aromatic rings. The van der Waals surface area contributed by atoms with Crippen molar-refractivity contribution in [2.45, 2.75) is 11.4 Å². The molecule has 0 aliphatic rings. The van der Waals surface area contributed by atoms with Crippen molar-refractivity contribution in [1.29, 1.82) is 0 Å². The maximum Gasteiger partial charge on any atom is 0.242 e. The fraction of sp³-hybridized carbons (Fsp3) is 0.0833. The van der Waals surface area contributed by atoms with Gasteiger partial charge in [0.25, 0.3) is 0 Å². The Balaban J connectivity index is 2.19. The highest BCUT2D eigenvalue weighted by atomic mass is 32.2. The molecule has 0 unspecified atom stereocenters. The lowest BCUT2D eigenvalue weighted by Crippen LogP contribution is -2.24. The molecule has 0 atom stereocenters. The summed E-state index contributed by atoms with van der Waals surface area (Å²) in [5.74, 6) is -0.580. The van der Waals surface area contributed by atoms with E-state index >= 15 is 0 Å². The Bertz CT molecular complexity index is 675. The van der Waals surface area contributed by atoms with Gasteiger partial charge in [0.05, 0.1) is 5.69 Å². The van der Waals surface area contributed by atoms with Crippen LogP contribution in [0.25, 0.3) is 0 Å². The van der Waals surface area contributed by atoms with Crippen LogP contribution in [0.3, 0.4) is 0 Å². The number of nitrogens with zero attached hydrogens (tertiary/aromatic N) is 1. The summed E-state index contributed by atoms with van der Waals surface area (Å²) in [6.07, 6.45) is 3.15. The Kier molecular flexibility index (Phi) is 3.77. The van der Waals surface area contributed by atoms with Gasteiger partial charge in [-0.05, 0) is 29.8 Å². The average molecular weight is 281 g/mol. The van der Waals surface area contributed by atoms with E-state index in [2.05, 4.69) is 9.71 Å². The van der Waals surface area contributed by atoms with Gasteiger partial charge in [0.1, 0.15) is 10.7 Å². The molecule has 0 fully saturated rings. The van der Waals surface area contributed by atoms with E-state index in [9.17, 15) is 12.8 Å². The van der Waals surface area contributed by atoms with Crippen molar-refractivity contribution in [1.82, 2.24) is 9.71 Å². The molecule has 0 amide bonds. The van der Waals surface area contributed by atoms with Gasteiger partial charge in [-0.15, -0.1) is 0 Å². The van der Waals surface area contributed by atoms with Crippen LogP contribution < -0.4 is 10.5 Å².